The monoisotopic (exact) mass is 377 g/mol. The van der Waals surface area contributed by atoms with Gasteiger partial charge in [0, 0.05) is 23.5 Å². The molecule has 1 aromatic heterocycles. The van der Waals surface area contributed by atoms with Crippen molar-refractivity contribution >= 4 is 29.3 Å². The fourth-order valence-corrected chi connectivity index (χ4v) is 3.01. The molecule has 0 aliphatic heterocycles. The number of aliphatic carboxylic acids is 1. The summed E-state index contributed by atoms with van der Waals surface area (Å²) in [6.07, 6.45) is 2.20. The molecule has 6 nitrogen and oxygen atoms in total. The number of hydrogen-bond donors (Lipinski definition) is 2. The van der Waals surface area contributed by atoms with Gasteiger partial charge in [0.15, 0.2) is 5.16 Å². The third-order valence-corrected chi connectivity index (χ3v) is 4.41. The summed E-state index contributed by atoms with van der Waals surface area (Å²) in [6, 6.07) is 3.98. The minimum Gasteiger partial charge on any atom is -0.481 e. The third kappa shape index (κ3) is 5.26. The Balaban J connectivity index is 1.99. The Hall–Kier alpha value is -2.48. The number of nitrogens with one attached hydrogen (secondary N) is 1. The van der Waals surface area contributed by atoms with Gasteiger partial charge in [-0.2, -0.15) is 0 Å². The molecule has 138 valence electrons. The molecule has 0 aliphatic rings. The summed E-state index contributed by atoms with van der Waals surface area (Å²) in [5.41, 5.74) is 3.00. The zero-order chi connectivity index (χ0) is 19.3. The Labute approximate surface area is 155 Å². The number of halogens is 1. The number of anilines is 1. The van der Waals surface area contributed by atoms with Crippen LogP contribution in [0, 0.1) is 19.7 Å². The van der Waals surface area contributed by atoms with Crippen LogP contribution in [0.2, 0.25) is 0 Å². The van der Waals surface area contributed by atoms with Crippen LogP contribution >= 0.6 is 11.8 Å². The number of aromatic nitrogens is 2. The Morgan fingerprint density at radius 1 is 1.23 bits per heavy atom. The van der Waals surface area contributed by atoms with E-state index in [1.165, 1.54) is 23.9 Å². The highest BCUT2D eigenvalue weighted by molar-refractivity contribution is 7.98. The van der Waals surface area contributed by atoms with Gasteiger partial charge in [0.25, 0.3) is 0 Å². The van der Waals surface area contributed by atoms with E-state index in [0.717, 1.165) is 23.0 Å². The van der Waals surface area contributed by atoms with Crippen molar-refractivity contribution in [2.75, 3.05) is 11.6 Å². The van der Waals surface area contributed by atoms with E-state index in [4.69, 9.17) is 5.11 Å². The number of carbonyl (C=O) groups is 2. The molecule has 0 saturated heterocycles. The SMILES string of the molecule is CSc1nc(C)c(CCC(=O)Nc2ccc(CC(=O)O)c(F)c2)c(C)n1. The van der Waals surface area contributed by atoms with Gasteiger partial charge in [-0.1, -0.05) is 17.8 Å². The third-order valence-electron chi connectivity index (χ3n) is 3.86. The molecule has 2 rings (SSSR count). The molecule has 0 radical (unpaired) electrons. The van der Waals surface area contributed by atoms with E-state index in [0.29, 0.717) is 17.3 Å². The molecule has 0 saturated carbocycles. The molecule has 1 amide bonds. The smallest absolute Gasteiger partial charge is 0.307 e. The molecule has 0 fully saturated rings. The number of hydrogen-bond acceptors (Lipinski definition) is 5. The number of nitrogens with zero attached hydrogens (tertiary/aromatic N) is 2. The molecule has 0 bridgehead atoms. The fourth-order valence-electron chi connectivity index (χ4n) is 2.56. The first-order valence-electron chi connectivity index (χ1n) is 7.98. The summed E-state index contributed by atoms with van der Waals surface area (Å²) < 4.78 is 13.9. The maximum atomic E-state index is 13.9. The van der Waals surface area contributed by atoms with Gasteiger partial charge in [0.05, 0.1) is 6.42 Å². The van der Waals surface area contributed by atoms with Crippen LogP contribution < -0.4 is 5.32 Å². The lowest BCUT2D eigenvalue weighted by Crippen LogP contribution is -2.14. The van der Waals surface area contributed by atoms with Crippen LogP contribution in [-0.2, 0) is 22.4 Å². The number of carboxylic acid groups (broad SMARTS) is 1. The summed E-state index contributed by atoms with van der Waals surface area (Å²) in [5, 5.41) is 12.0. The minimum atomic E-state index is -1.11. The maximum absolute atomic E-state index is 13.9. The highest BCUT2D eigenvalue weighted by Gasteiger charge is 2.12. The normalized spacial score (nSPS) is 10.6. The van der Waals surface area contributed by atoms with Crippen molar-refractivity contribution in [1.29, 1.82) is 0 Å². The van der Waals surface area contributed by atoms with Gasteiger partial charge in [-0.25, -0.2) is 14.4 Å². The highest BCUT2D eigenvalue weighted by atomic mass is 32.2. The largest absolute Gasteiger partial charge is 0.481 e. The Kier molecular flexibility index (Phi) is 6.68. The molecule has 1 heterocycles. The predicted molar refractivity (Wildman–Crippen MR) is 98.0 cm³/mol. The van der Waals surface area contributed by atoms with E-state index < -0.39 is 18.2 Å². The number of thioether (sulfide) groups is 1. The molecule has 2 N–H and O–H groups in total. The number of carbonyl (C=O) groups excluding carboxylic acids is 1. The Morgan fingerprint density at radius 2 is 1.88 bits per heavy atom. The number of carboxylic acids is 1. The van der Waals surface area contributed by atoms with Crippen LogP contribution in [0.15, 0.2) is 23.4 Å². The topological polar surface area (TPSA) is 92.2 Å². The molecule has 2 aromatic rings. The second kappa shape index (κ2) is 8.75. The Morgan fingerprint density at radius 3 is 2.42 bits per heavy atom. The lowest BCUT2D eigenvalue weighted by atomic mass is 10.1. The van der Waals surface area contributed by atoms with E-state index in [9.17, 15) is 14.0 Å². The standard InChI is InChI=1S/C18H20FN3O3S/c1-10-14(11(2)21-18(20-10)26-3)6-7-16(23)22-13-5-4-12(8-17(24)25)15(19)9-13/h4-5,9H,6-8H2,1-3H3,(H,22,23)(H,24,25). The first-order valence-corrected chi connectivity index (χ1v) is 9.20. The molecule has 0 spiro atoms. The van der Waals surface area contributed by atoms with Crippen molar-refractivity contribution in [3.8, 4) is 0 Å². The van der Waals surface area contributed by atoms with E-state index in [2.05, 4.69) is 15.3 Å². The van der Waals surface area contributed by atoms with Crippen LogP contribution in [0.25, 0.3) is 0 Å². The van der Waals surface area contributed by atoms with E-state index >= 15 is 0 Å². The van der Waals surface area contributed by atoms with Crippen LogP contribution in [0.1, 0.15) is 28.9 Å². The van der Waals surface area contributed by atoms with Crippen molar-refractivity contribution in [1.82, 2.24) is 9.97 Å². The number of aryl methyl sites for hydroxylation is 2. The summed E-state index contributed by atoms with van der Waals surface area (Å²) in [6.45, 7) is 3.77. The average Bonchev–Trinajstić information content (AvgIpc) is 2.56. The van der Waals surface area contributed by atoms with Gasteiger partial charge in [0.1, 0.15) is 5.82 Å². The Bertz CT molecular complexity index is 819. The summed E-state index contributed by atoms with van der Waals surface area (Å²) in [4.78, 5) is 31.5. The number of rotatable bonds is 7. The minimum absolute atomic E-state index is 0.0766. The molecule has 0 unspecified atom stereocenters. The summed E-state index contributed by atoms with van der Waals surface area (Å²) >= 11 is 1.46. The zero-order valence-corrected chi connectivity index (χ0v) is 15.6. The van der Waals surface area contributed by atoms with Crippen molar-refractivity contribution < 1.29 is 19.1 Å². The average molecular weight is 377 g/mol. The van der Waals surface area contributed by atoms with Crippen molar-refractivity contribution in [2.24, 2.45) is 0 Å². The maximum Gasteiger partial charge on any atom is 0.307 e. The van der Waals surface area contributed by atoms with Crippen LogP contribution in [0.3, 0.4) is 0 Å². The second-order valence-electron chi connectivity index (χ2n) is 5.78. The van der Waals surface area contributed by atoms with E-state index in [1.54, 1.807) is 0 Å². The van der Waals surface area contributed by atoms with Crippen LogP contribution in [0.5, 0.6) is 0 Å². The summed E-state index contributed by atoms with van der Waals surface area (Å²) in [5.74, 6) is -2.03. The molecular weight excluding hydrogens is 357 g/mol. The first-order chi connectivity index (χ1) is 12.3. The van der Waals surface area contributed by atoms with Gasteiger partial charge in [-0.3, -0.25) is 9.59 Å². The van der Waals surface area contributed by atoms with Crippen LogP contribution in [0.4, 0.5) is 10.1 Å². The summed E-state index contributed by atoms with van der Waals surface area (Å²) in [7, 11) is 0. The van der Waals surface area contributed by atoms with Crippen molar-refractivity contribution in [2.45, 2.75) is 38.3 Å². The van der Waals surface area contributed by atoms with Gasteiger partial charge in [-0.05, 0) is 49.8 Å². The highest BCUT2D eigenvalue weighted by Crippen LogP contribution is 2.18. The molecule has 0 atom stereocenters. The molecular formula is C18H20FN3O3S. The van der Waals surface area contributed by atoms with Crippen LogP contribution in [-0.4, -0.2) is 33.2 Å². The van der Waals surface area contributed by atoms with Crippen molar-refractivity contribution in [3.05, 3.63) is 46.5 Å². The first kappa shape index (κ1) is 19.8. The molecule has 1 aromatic carbocycles. The lowest BCUT2D eigenvalue weighted by molar-refractivity contribution is -0.136. The van der Waals surface area contributed by atoms with Gasteiger partial charge in [0.2, 0.25) is 5.91 Å². The van der Waals surface area contributed by atoms with E-state index in [-0.39, 0.29) is 17.9 Å². The molecule has 26 heavy (non-hydrogen) atoms. The molecule has 8 heteroatoms. The second-order valence-corrected chi connectivity index (χ2v) is 6.56. The molecule has 0 aliphatic carbocycles. The van der Waals surface area contributed by atoms with E-state index in [1.807, 2.05) is 20.1 Å². The van der Waals surface area contributed by atoms with Gasteiger partial charge < -0.3 is 10.4 Å². The number of amides is 1. The van der Waals surface area contributed by atoms with Gasteiger partial charge in [-0.15, -0.1) is 0 Å². The quantitative estimate of drug-likeness (QED) is 0.569. The van der Waals surface area contributed by atoms with Crippen molar-refractivity contribution in [3.63, 3.8) is 0 Å². The number of benzene rings is 1. The van der Waals surface area contributed by atoms with Gasteiger partial charge >= 0.3 is 5.97 Å². The zero-order valence-electron chi connectivity index (χ0n) is 14.8. The lowest BCUT2D eigenvalue weighted by Gasteiger charge is -2.11. The predicted octanol–water partition coefficient (Wildman–Crippen LogP) is 3.15. The fraction of sp³-hybridized carbons (Fsp3) is 0.333.